The lowest BCUT2D eigenvalue weighted by atomic mass is 10.2. The average Bonchev–Trinajstić information content (AvgIpc) is 3.44. The summed E-state index contributed by atoms with van der Waals surface area (Å²) in [5, 5.41) is 6.38. The minimum atomic E-state index is 0.0101. The van der Waals surface area contributed by atoms with E-state index in [9.17, 15) is 4.79 Å². The fraction of sp³-hybridized carbons (Fsp3) is 0.579. The van der Waals surface area contributed by atoms with Crippen molar-refractivity contribution in [3.8, 4) is 0 Å². The fourth-order valence-corrected chi connectivity index (χ4v) is 2.43. The number of rotatable bonds is 10. The van der Waals surface area contributed by atoms with Gasteiger partial charge in [0.1, 0.15) is 0 Å². The van der Waals surface area contributed by atoms with E-state index in [-0.39, 0.29) is 12.5 Å². The second kappa shape index (κ2) is 11.2. The van der Waals surface area contributed by atoms with E-state index in [1.54, 1.807) is 19.0 Å². The van der Waals surface area contributed by atoms with Crippen LogP contribution in [0.25, 0.3) is 0 Å². The molecule has 1 fully saturated rings. The van der Waals surface area contributed by atoms with Gasteiger partial charge < -0.3 is 20.3 Å². The molecule has 1 saturated carbocycles. The van der Waals surface area contributed by atoms with E-state index in [4.69, 9.17) is 4.74 Å². The SMILES string of the molecule is CN(C)C(=O)CNC(=NCc1ccc(Br)cc1)NCCCOCC1CC1. The molecule has 0 aromatic heterocycles. The normalized spacial score (nSPS) is 14.2. The zero-order valence-electron chi connectivity index (χ0n) is 15.6. The zero-order chi connectivity index (χ0) is 18.8. The molecule has 1 amide bonds. The maximum atomic E-state index is 11.8. The molecule has 0 saturated heterocycles. The van der Waals surface area contributed by atoms with Crippen molar-refractivity contribution in [2.45, 2.75) is 25.8 Å². The molecular formula is C19H29BrN4O2. The Labute approximate surface area is 164 Å². The summed E-state index contributed by atoms with van der Waals surface area (Å²) >= 11 is 3.43. The molecule has 1 aliphatic rings. The number of ether oxygens (including phenoxy) is 1. The first-order chi connectivity index (χ1) is 12.5. The van der Waals surface area contributed by atoms with E-state index in [2.05, 4.69) is 31.6 Å². The minimum absolute atomic E-state index is 0.0101. The maximum absolute atomic E-state index is 11.8. The van der Waals surface area contributed by atoms with Crippen molar-refractivity contribution in [3.63, 3.8) is 0 Å². The van der Waals surface area contributed by atoms with E-state index < -0.39 is 0 Å². The van der Waals surface area contributed by atoms with Gasteiger partial charge in [0.05, 0.1) is 13.1 Å². The number of guanidine groups is 1. The molecule has 1 aromatic carbocycles. The molecule has 2 rings (SSSR count). The first kappa shape index (κ1) is 20.7. The number of carbonyl (C=O) groups is 1. The third kappa shape index (κ3) is 8.67. The van der Waals surface area contributed by atoms with Crippen LogP contribution in [0.3, 0.4) is 0 Å². The van der Waals surface area contributed by atoms with Gasteiger partial charge in [0.15, 0.2) is 5.96 Å². The summed E-state index contributed by atoms with van der Waals surface area (Å²) in [6.07, 6.45) is 3.54. The molecular weight excluding hydrogens is 396 g/mol. The van der Waals surface area contributed by atoms with Crippen LogP contribution in [0.2, 0.25) is 0 Å². The number of hydrogen-bond donors (Lipinski definition) is 2. The Morgan fingerprint density at radius 2 is 2.00 bits per heavy atom. The lowest BCUT2D eigenvalue weighted by molar-refractivity contribution is -0.127. The highest BCUT2D eigenvalue weighted by Gasteiger charge is 2.20. The second-order valence-corrected chi connectivity index (χ2v) is 7.65. The lowest BCUT2D eigenvalue weighted by Crippen LogP contribution is -2.43. The fourth-order valence-electron chi connectivity index (χ4n) is 2.17. The van der Waals surface area contributed by atoms with Gasteiger partial charge in [0.25, 0.3) is 0 Å². The predicted octanol–water partition coefficient (Wildman–Crippen LogP) is 2.39. The number of nitrogens with zero attached hydrogens (tertiary/aromatic N) is 2. The van der Waals surface area contributed by atoms with E-state index >= 15 is 0 Å². The Morgan fingerprint density at radius 3 is 2.65 bits per heavy atom. The van der Waals surface area contributed by atoms with Crippen molar-refractivity contribution in [1.82, 2.24) is 15.5 Å². The second-order valence-electron chi connectivity index (χ2n) is 6.73. The summed E-state index contributed by atoms with van der Waals surface area (Å²) in [6, 6.07) is 8.06. The number of aliphatic imine (C=N–C) groups is 1. The maximum Gasteiger partial charge on any atom is 0.241 e. The third-order valence-corrected chi connectivity index (χ3v) is 4.58. The largest absolute Gasteiger partial charge is 0.381 e. The molecule has 0 atom stereocenters. The van der Waals surface area contributed by atoms with Gasteiger partial charge in [-0.25, -0.2) is 4.99 Å². The van der Waals surface area contributed by atoms with Crippen molar-refractivity contribution in [2.24, 2.45) is 10.9 Å². The van der Waals surface area contributed by atoms with Crippen LogP contribution in [-0.4, -0.2) is 57.2 Å². The van der Waals surface area contributed by atoms with Gasteiger partial charge in [-0.1, -0.05) is 28.1 Å². The number of carbonyl (C=O) groups excluding carboxylic acids is 1. The average molecular weight is 425 g/mol. The highest BCUT2D eigenvalue weighted by molar-refractivity contribution is 9.10. The van der Waals surface area contributed by atoms with Crippen molar-refractivity contribution in [3.05, 3.63) is 34.3 Å². The quantitative estimate of drug-likeness (QED) is 0.343. The number of halogens is 1. The highest BCUT2D eigenvalue weighted by Crippen LogP contribution is 2.28. The molecule has 0 unspecified atom stereocenters. The van der Waals surface area contributed by atoms with Crippen LogP contribution in [0.5, 0.6) is 0 Å². The van der Waals surface area contributed by atoms with E-state index in [1.165, 1.54) is 12.8 Å². The topological polar surface area (TPSA) is 66.0 Å². The van der Waals surface area contributed by atoms with E-state index in [0.29, 0.717) is 12.5 Å². The summed E-state index contributed by atoms with van der Waals surface area (Å²) < 4.78 is 6.69. The number of amides is 1. The van der Waals surface area contributed by atoms with E-state index in [1.807, 2.05) is 24.3 Å². The molecule has 0 heterocycles. The molecule has 26 heavy (non-hydrogen) atoms. The first-order valence-corrected chi connectivity index (χ1v) is 9.88. The molecule has 1 aromatic rings. The van der Waals surface area contributed by atoms with Gasteiger partial charge in [0.2, 0.25) is 5.91 Å². The van der Waals surface area contributed by atoms with Crippen molar-refractivity contribution < 1.29 is 9.53 Å². The molecule has 0 spiro atoms. The van der Waals surface area contributed by atoms with Crippen molar-refractivity contribution in [1.29, 1.82) is 0 Å². The van der Waals surface area contributed by atoms with Gasteiger partial charge in [-0.15, -0.1) is 0 Å². The van der Waals surface area contributed by atoms with Crippen molar-refractivity contribution >= 4 is 27.8 Å². The third-order valence-electron chi connectivity index (χ3n) is 4.05. The Kier molecular flexibility index (Phi) is 8.91. The highest BCUT2D eigenvalue weighted by atomic mass is 79.9. The summed E-state index contributed by atoms with van der Waals surface area (Å²) in [6.45, 7) is 3.17. The monoisotopic (exact) mass is 424 g/mol. The number of nitrogens with one attached hydrogen (secondary N) is 2. The van der Waals surface area contributed by atoms with Gasteiger partial charge in [-0.05, 0) is 42.9 Å². The molecule has 2 N–H and O–H groups in total. The zero-order valence-corrected chi connectivity index (χ0v) is 17.2. The van der Waals surface area contributed by atoms with Crippen LogP contribution in [0.15, 0.2) is 33.7 Å². The molecule has 144 valence electrons. The molecule has 0 radical (unpaired) electrons. The van der Waals surface area contributed by atoms with Gasteiger partial charge in [0, 0.05) is 38.3 Å². The Morgan fingerprint density at radius 1 is 1.27 bits per heavy atom. The summed E-state index contributed by atoms with van der Waals surface area (Å²) in [5.41, 5.74) is 1.11. The smallest absolute Gasteiger partial charge is 0.241 e. The Balaban J connectivity index is 1.77. The molecule has 7 heteroatoms. The Bertz CT molecular complexity index is 586. The predicted molar refractivity (Wildman–Crippen MR) is 108 cm³/mol. The van der Waals surface area contributed by atoms with Crippen molar-refractivity contribution in [2.75, 3.05) is 40.4 Å². The van der Waals surface area contributed by atoms with Crippen LogP contribution >= 0.6 is 15.9 Å². The number of likely N-dealkylation sites (N-methyl/N-ethyl adjacent to an activating group) is 1. The number of benzene rings is 1. The minimum Gasteiger partial charge on any atom is -0.381 e. The van der Waals surface area contributed by atoms with Crippen LogP contribution in [0, 0.1) is 5.92 Å². The van der Waals surface area contributed by atoms with Crippen LogP contribution < -0.4 is 10.6 Å². The van der Waals surface area contributed by atoms with Gasteiger partial charge in [-0.3, -0.25) is 4.79 Å². The molecule has 6 nitrogen and oxygen atoms in total. The lowest BCUT2D eigenvalue weighted by Gasteiger charge is -2.15. The van der Waals surface area contributed by atoms with Gasteiger partial charge >= 0.3 is 0 Å². The van der Waals surface area contributed by atoms with Crippen LogP contribution in [-0.2, 0) is 16.1 Å². The van der Waals surface area contributed by atoms with E-state index in [0.717, 1.165) is 42.1 Å². The number of hydrogen-bond acceptors (Lipinski definition) is 3. The first-order valence-electron chi connectivity index (χ1n) is 9.09. The Hall–Kier alpha value is -1.60. The standard InChI is InChI=1S/C19H29BrN4O2/c1-24(2)18(25)13-23-19(21-10-3-11-26-14-16-4-5-16)22-12-15-6-8-17(20)9-7-15/h6-9,16H,3-5,10-14H2,1-2H3,(H2,21,22,23). The van der Waals surface area contributed by atoms with Crippen LogP contribution in [0.1, 0.15) is 24.8 Å². The molecule has 0 bridgehead atoms. The van der Waals surface area contributed by atoms with Crippen LogP contribution in [0.4, 0.5) is 0 Å². The van der Waals surface area contributed by atoms with Gasteiger partial charge in [-0.2, -0.15) is 0 Å². The summed E-state index contributed by atoms with van der Waals surface area (Å²) in [7, 11) is 3.49. The summed E-state index contributed by atoms with van der Waals surface area (Å²) in [5.74, 6) is 1.45. The molecule has 0 aliphatic heterocycles. The molecule has 1 aliphatic carbocycles. The summed E-state index contributed by atoms with van der Waals surface area (Å²) in [4.78, 5) is 17.9.